The van der Waals surface area contributed by atoms with E-state index in [4.69, 9.17) is 0 Å². The van der Waals surface area contributed by atoms with Gasteiger partial charge in [-0.15, -0.1) is 0 Å². The number of ketones is 1. The molecule has 4 aliphatic rings. The van der Waals surface area contributed by atoms with Crippen molar-refractivity contribution in [3.63, 3.8) is 0 Å². The van der Waals surface area contributed by atoms with E-state index in [0.29, 0.717) is 36.0 Å². The van der Waals surface area contributed by atoms with Gasteiger partial charge in [-0.1, -0.05) is 6.92 Å². The summed E-state index contributed by atoms with van der Waals surface area (Å²) >= 11 is 0. The molecule has 6 heteroatoms. The van der Waals surface area contributed by atoms with Crippen LogP contribution in [0.15, 0.2) is 18.7 Å². The van der Waals surface area contributed by atoms with Gasteiger partial charge in [0.25, 0.3) is 6.43 Å². The summed E-state index contributed by atoms with van der Waals surface area (Å²) in [5, 5.41) is 10.4. The summed E-state index contributed by atoms with van der Waals surface area (Å²) in [7, 11) is 0. The second-order valence-electron chi connectivity index (χ2n) is 11.0. The number of carbonyl (C=O) groups excluding carboxylic acids is 1. The third kappa shape index (κ3) is 3.16. The lowest BCUT2D eigenvalue weighted by molar-refractivity contribution is -0.160. The molecule has 4 nitrogen and oxygen atoms in total. The minimum atomic E-state index is -2.64. The Balaban J connectivity index is 1.30. The topological polar surface area (TPSA) is 55.1 Å². The van der Waals surface area contributed by atoms with Crippen molar-refractivity contribution in [2.24, 2.45) is 40.9 Å². The number of hydrogen-bond donors (Lipinski definition) is 1. The molecule has 4 saturated carbocycles. The molecule has 1 aromatic heterocycles. The van der Waals surface area contributed by atoms with Gasteiger partial charge < -0.3 is 9.67 Å². The SMILES string of the molecule is C[C@]12CC[C@H]3[C@@H](CC[C@H]4C[C@@](O)(C(F)F)CC[C@@H]43)[C@@H]1CC[C@@H]2C(=O)Cn1ccnc1. The highest BCUT2D eigenvalue weighted by molar-refractivity contribution is 5.82. The molecule has 0 amide bonds. The Morgan fingerprint density at radius 3 is 2.67 bits per heavy atom. The first-order valence-electron chi connectivity index (χ1n) is 11.8. The van der Waals surface area contributed by atoms with Crippen molar-refractivity contribution in [3.05, 3.63) is 18.7 Å². The first-order chi connectivity index (χ1) is 14.3. The smallest absolute Gasteiger partial charge is 0.266 e. The molecule has 5 rings (SSSR count). The van der Waals surface area contributed by atoms with E-state index in [1.165, 1.54) is 0 Å². The number of alkyl halides is 2. The number of aromatic nitrogens is 2. The second-order valence-corrected chi connectivity index (χ2v) is 11.0. The molecular formula is C24H34F2N2O2. The van der Waals surface area contributed by atoms with Crippen LogP contribution in [0, 0.1) is 40.9 Å². The van der Waals surface area contributed by atoms with E-state index in [1.807, 2.05) is 10.8 Å². The Morgan fingerprint density at radius 2 is 1.93 bits per heavy atom. The number of fused-ring (bicyclic) bond motifs is 5. The molecule has 0 unspecified atom stereocenters. The summed E-state index contributed by atoms with van der Waals surface area (Å²) in [5.41, 5.74) is -1.70. The van der Waals surface area contributed by atoms with Crippen LogP contribution in [-0.2, 0) is 11.3 Å². The zero-order chi connectivity index (χ0) is 21.1. The number of Topliss-reactive ketones (excluding diaryl/α,β-unsaturated/α-hetero) is 1. The van der Waals surface area contributed by atoms with Crippen molar-refractivity contribution in [2.45, 2.75) is 83.3 Å². The van der Waals surface area contributed by atoms with Gasteiger partial charge in [-0.25, -0.2) is 13.8 Å². The fraction of sp³-hybridized carbons (Fsp3) is 0.833. The van der Waals surface area contributed by atoms with Crippen molar-refractivity contribution in [2.75, 3.05) is 0 Å². The molecular weight excluding hydrogens is 386 g/mol. The first-order valence-corrected chi connectivity index (χ1v) is 11.8. The normalized spacial score (nSPS) is 45.6. The van der Waals surface area contributed by atoms with E-state index in [1.54, 1.807) is 12.5 Å². The Bertz CT molecular complexity index is 784. The highest BCUT2D eigenvalue weighted by Crippen LogP contribution is 2.64. The highest BCUT2D eigenvalue weighted by Gasteiger charge is 2.59. The number of imidazole rings is 1. The summed E-state index contributed by atoms with van der Waals surface area (Å²) < 4.78 is 28.7. The van der Waals surface area contributed by atoms with E-state index in [2.05, 4.69) is 11.9 Å². The van der Waals surface area contributed by atoms with Crippen molar-refractivity contribution >= 4 is 5.78 Å². The highest BCUT2D eigenvalue weighted by atomic mass is 19.3. The van der Waals surface area contributed by atoms with Gasteiger partial charge in [0, 0.05) is 18.3 Å². The van der Waals surface area contributed by atoms with Crippen LogP contribution < -0.4 is 0 Å². The van der Waals surface area contributed by atoms with Gasteiger partial charge in [0.05, 0.1) is 12.9 Å². The fourth-order valence-electron chi connectivity index (χ4n) is 8.31. The number of carbonyl (C=O) groups is 1. The monoisotopic (exact) mass is 420 g/mol. The van der Waals surface area contributed by atoms with Gasteiger partial charge in [-0.3, -0.25) is 4.79 Å². The minimum Gasteiger partial charge on any atom is -0.384 e. The zero-order valence-electron chi connectivity index (χ0n) is 17.9. The number of nitrogens with zero attached hydrogens (tertiary/aromatic N) is 2. The maximum atomic E-state index is 13.4. The molecule has 0 aliphatic heterocycles. The second kappa shape index (κ2) is 7.39. The fourth-order valence-corrected chi connectivity index (χ4v) is 8.31. The third-order valence-electron chi connectivity index (χ3n) is 9.74. The molecule has 166 valence electrons. The minimum absolute atomic E-state index is 0.0735. The quantitative estimate of drug-likeness (QED) is 0.767. The summed E-state index contributed by atoms with van der Waals surface area (Å²) in [6.45, 7) is 2.76. The van der Waals surface area contributed by atoms with Gasteiger partial charge in [0.15, 0.2) is 5.78 Å². The first kappa shape index (κ1) is 20.6. The van der Waals surface area contributed by atoms with Crippen LogP contribution in [0.5, 0.6) is 0 Å². The third-order valence-corrected chi connectivity index (χ3v) is 9.74. The zero-order valence-corrected chi connectivity index (χ0v) is 17.9. The van der Waals surface area contributed by atoms with E-state index < -0.39 is 12.0 Å². The van der Waals surface area contributed by atoms with E-state index in [-0.39, 0.29) is 30.1 Å². The number of aliphatic hydroxyl groups is 1. The Morgan fingerprint density at radius 1 is 1.13 bits per heavy atom. The van der Waals surface area contributed by atoms with Crippen LogP contribution in [-0.4, -0.2) is 32.5 Å². The van der Waals surface area contributed by atoms with Crippen molar-refractivity contribution in [3.8, 4) is 0 Å². The average molecular weight is 421 g/mol. The average Bonchev–Trinajstić information content (AvgIpc) is 3.34. The largest absolute Gasteiger partial charge is 0.384 e. The predicted octanol–water partition coefficient (Wildman–Crippen LogP) is 4.72. The van der Waals surface area contributed by atoms with Crippen LogP contribution in [0.25, 0.3) is 0 Å². The van der Waals surface area contributed by atoms with Gasteiger partial charge in [-0.2, -0.15) is 0 Å². The van der Waals surface area contributed by atoms with Crippen LogP contribution in [0.4, 0.5) is 8.78 Å². The van der Waals surface area contributed by atoms with Gasteiger partial charge in [0.1, 0.15) is 5.60 Å². The number of rotatable bonds is 4. The molecule has 1 aromatic rings. The number of hydrogen-bond acceptors (Lipinski definition) is 3. The molecule has 0 spiro atoms. The van der Waals surface area contributed by atoms with Crippen molar-refractivity contribution < 1.29 is 18.7 Å². The van der Waals surface area contributed by atoms with Crippen molar-refractivity contribution in [1.82, 2.24) is 9.55 Å². The Hall–Kier alpha value is -1.30. The molecule has 8 atom stereocenters. The molecule has 0 bridgehead atoms. The molecule has 4 aliphatic carbocycles. The molecule has 4 fully saturated rings. The van der Waals surface area contributed by atoms with E-state index in [9.17, 15) is 18.7 Å². The summed E-state index contributed by atoms with van der Waals surface area (Å²) in [5.74, 6) is 2.96. The van der Waals surface area contributed by atoms with E-state index >= 15 is 0 Å². The Labute approximate surface area is 177 Å². The maximum absolute atomic E-state index is 13.4. The van der Waals surface area contributed by atoms with Gasteiger partial charge in [-0.05, 0) is 92.8 Å². The molecule has 0 aromatic carbocycles. The molecule has 0 saturated heterocycles. The molecule has 0 radical (unpaired) electrons. The lowest BCUT2D eigenvalue weighted by atomic mass is 9.49. The van der Waals surface area contributed by atoms with E-state index in [0.717, 1.165) is 44.9 Å². The predicted molar refractivity (Wildman–Crippen MR) is 109 cm³/mol. The summed E-state index contributed by atoms with van der Waals surface area (Å²) in [4.78, 5) is 17.2. The lowest BCUT2D eigenvalue weighted by Crippen LogP contribution is -2.53. The molecule has 1 N–H and O–H groups in total. The summed E-state index contributed by atoms with van der Waals surface area (Å²) in [6.07, 6.45) is 10.2. The molecule has 30 heavy (non-hydrogen) atoms. The van der Waals surface area contributed by atoms with Crippen LogP contribution in [0.3, 0.4) is 0 Å². The van der Waals surface area contributed by atoms with Gasteiger partial charge in [0.2, 0.25) is 0 Å². The summed E-state index contributed by atoms with van der Waals surface area (Å²) in [6, 6.07) is 0. The van der Waals surface area contributed by atoms with Crippen LogP contribution in [0.2, 0.25) is 0 Å². The molecule has 1 heterocycles. The van der Waals surface area contributed by atoms with Crippen molar-refractivity contribution in [1.29, 1.82) is 0 Å². The maximum Gasteiger partial charge on any atom is 0.266 e. The van der Waals surface area contributed by atoms with Crippen LogP contribution in [0.1, 0.15) is 64.7 Å². The van der Waals surface area contributed by atoms with Crippen LogP contribution >= 0.6 is 0 Å². The van der Waals surface area contributed by atoms with Gasteiger partial charge >= 0.3 is 0 Å². The standard InChI is InChI=1S/C24H34F2N2O2/c1-23-8-6-17-16-7-9-24(30,22(25)26)12-15(16)2-3-18(17)19(23)4-5-20(23)21(29)13-28-11-10-27-14-28/h10-11,14-20,22,30H,2-9,12-13H2,1H3/t15-,16-,17+,18+,19-,20+,23-,24+/m0/s1. The lowest BCUT2D eigenvalue weighted by Gasteiger charge is -2.57. The Kier molecular flexibility index (Phi) is 5.07. The number of halogens is 2.